The van der Waals surface area contributed by atoms with Gasteiger partial charge in [0.2, 0.25) is 5.69 Å². The fourth-order valence-electron chi connectivity index (χ4n) is 2.12. The SMILES string of the molecule is Cc1c(C[N+](C)(C)C)[n+]2ccccc2n1C. The number of nitrogens with zero attached hydrogens (tertiary/aromatic N) is 3. The first kappa shape index (κ1) is 11.1. The molecule has 2 aromatic rings. The van der Waals surface area contributed by atoms with Crippen LogP contribution in [0.2, 0.25) is 0 Å². The molecule has 0 saturated heterocycles. The Bertz CT molecular complexity index is 518. The van der Waals surface area contributed by atoms with Crippen LogP contribution < -0.4 is 4.40 Å². The van der Waals surface area contributed by atoms with E-state index in [1.54, 1.807) is 0 Å². The molecule has 3 heteroatoms. The van der Waals surface area contributed by atoms with Crippen molar-refractivity contribution in [2.24, 2.45) is 7.05 Å². The number of fused-ring (bicyclic) bond motifs is 1. The van der Waals surface area contributed by atoms with Gasteiger partial charge in [-0.1, -0.05) is 6.07 Å². The average Bonchev–Trinajstić information content (AvgIpc) is 2.43. The maximum Gasteiger partial charge on any atom is 0.286 e. The van der Waals surface area contributed by atoms with E-state index in [0.29, 0.717) is 0 Å². The van der Waals surface area contributed by atoms with Crippen molar-refractivity contribution in [1.82, 2.24) is 4.57 Å². The molecule has 86 valence electrons. The molecule has 0 aromatic carbocycles. The molecule has 0 atom stereocenters. The lowest BCUT2D eigenvalue weighted by Gasteiger charge is -2.22. The Morgan fingerprint density at radius 1 is 1.25 bits per heavy atom. The highest BCUT2D eigenvalue weighted by atomic mass is 15.3. The number of hydrogen-bond donors (Lipinski definition) is 0. The number of quaternary nitrogens is 1. The molecular weight excluding hydrogens is 198 g/mol. The second-order valence-electron chi connectivity index (χ2n) is 5.47. The van der Waals surface area contributed by atoms with E-state index in [1.165, 1.54) is 17.0 Å². The zero-order valence-corrected chi connectivity index (χ0v) is 10.9. The van der Waals surface area contributed by atoms with Gasteiger partial charge in [-0.15, -0.1) is 0 Å². The number of pyridine rings is 1. The predicted molar refractivity (Wildman–Crippen MR) is 65.0 cm³/mol. The van der Waals surface area contributed by atoms with Gasteiger partial charge in [-0.05, 0) is 6.07 Å². The van der Waals surface area contributed by atoms with Crippen molar-refractivity contribution in [3.63, 3.8) is 0 Å². The van der Waals surface area contributed by atoms with Crippen molar-refractivity contribution in [1.29, 1.82) is 0 Å². The minimum Gasteiger partial charge on any atom is -0.324 e. The molecule has 0 aliphatic heterocycles. The minimum atomic E-state index is 0.946. The van der Waals surface area contributed by atoms with E-state index < -0.39 is 0 Å². The topological polar surface area (TPSA) is 9.03 Å². The molecule has 2 rings (SSSR count). The van der Waals surface area contributed by atoms with Crippen LogP contribution in [0.25, 0.3) is 5.65 Å². The molecule has 0 aliphatic rings. The summed E-state index contributed by atoms with van der Waals surface area (Å²) in [5.41, 5.74) is 3.99. The van der Waals surface area contributed by atoms with Crippen molar-refractivity contribution >= 4 is 5.65 Å². The second-order valence-corrected chi connectivity index (χ2v) is 5.47. The molecule has 0 fully saturated rings. The lowest BCUT2D eigenvalue weighted by Crippen LogP contribution is -2.38. The van der Waals surface area contributed by atoms with Crippen LogP contribution in [-0.2, 0) is 13.6 Å². The van der Waals surface area contributed by atoms with Gasteiger partial charge in [-0.25, -0.2) is 4.57 Å². The van der Waals surface area contributed by atoms with Crippen molar-refractivity contribution in [2.75, 3.05) is 21.1 Å². The lowest BCUT2D eigenvalue weighted by molar-refractivity contribution is -0.889. The Labute approximate surface area is 97.1 Å². The summed E-state index contributed by atoms with van der Waals surface area (Å²) in [5.74, 6) is 0. The molecule has 2 heterocycles. The smallest absolute Gasteiger partial charge is 0.286 e. The number of imidazole rings is 1. The monoisotopic (exact) mass is 219 g/mol. The Morgan fingerprint density at radius 2 is 1.94 bits per heavy atom. The number of hydrogen-bond acceptors (Lipinski definition) is 0. The highest BCUT2D eigenvalue weighted by Gasteiger charge is 2.24. The van der Waals surface area contributed by atoms with Crippen molar-refractivity contribution in [2.45, 2.75) is 13.5 Å². The van der Waals surface area contributed by atoms with Crippen molar-refractivity contribution in [3.8, 4) is 0 Å². The van der Waals surface area contributed by atoms with Gasteiger partial charge in [0.15, 0.2) is 0 Å². The molecule has 0 N–H and O–H groups in total. The first-order chi connectivity index (χ1) is 7.40. The molecule has 3 nitrogen and oxygen atoms in total. The summed E-state index contributed by atoms with van der Waals surface area (Å²) in [6, 6.07) is 6.34. The van der Waals surface area contributed by atoms with E-state index in [4.69, 9.17) is 0 Å². The average molecular weight is 219 g/mol. The highest BCUT2D eigenvalue weighted by Crippen LogP contribution is 2.12. The molecule has 0 bridgehead atoms. The quantitative estimate of drug-likeness (QED) is 0.531. The van der Waals surface area contributed by atoms with Crippen LogP contribution in [0, 0.1) is 6.92 Å². The Hall–Kier alpha value is -1.35. The summed E-state index contributed by atoms with van der Waals surface area (Å²) in [5, 5.41) is 0. The summed E-state index contributed by atoms with van der Waals surface area (Å²) in [4.78, 5) is 0. The third-order valence-corrected chi connectivity index (χ3v) is 3.02. The number of aromatic nitrogens is 2. The zero-order valence-electron chi connectivity index (χ0n) is 10.9. The van der Waals surface area contributed by atoms with Gasteiger partial charge in [0.1, 0.15) is 12.2 Å². The first-order valence-corrected chi connectivity index (χ1v) is 5.65. The number of rotatable bonds is 2. The van der Waals surface area contributed by atoms with E-state index in [2.05, 4.69) is 68.5 Å². The fourth-order valence-corrected chi connectivity index (χ4v) is 2.12. The van der Waals surface area contributed by atoms with E-state index in [0.717, 1.165) is 11.0 Å². The van der Waals surface area contributed by atoms with Crippen molar-refractivity contribution in [3.05, 3.63) is 35.8 Å². The lowest BCUT2D eigenvalue weighted by atomic mass is 10.3. The highest BCUT2D eigenvalue weighted by molar-refractivity contribution is 5.34. The predicted octanol–water partition coefficient (Wildman–Crippen LogP) is 1.28. The third-order valence-electron chi connectivity index (χ3n) is 3.02. The van der Waals surface area contributed by atoms with Crippen molar-refractivity contribution < 1.29 is 8.88 Å². The second kappa shape index (κ2) is 3.59. The standard InChI is InChI=1S/C13H21N3/c1-11-12(10-16(3,4)5)15-9-7-6-8-13(15)14(11)2/h6-9H,10H2,1-5H3/q+2. The first-order valence-electron chi connectivity index (χ1n) is 5.65. The molecule has 0 radical (unpaired) electrons. The van der Waals surface area contributed by atoms with Gasteiger partial charge in [0.05, 0.1) is 34.4 Å². The summed E-state index contributed by atoms with van der Waals surface area (Å²) in [6.45, 7) is 3.23. The van der Waals surface area contributed by atoms with E-state index in [1.807, 2.05) is 0 Å². The molecule has 0 aliphatic carbocycles. The van der Waals surface area contributed by atoms with Crippen LogP contribution in [0.3, 0.4) is 0 Å². The van der Waals surface area contributed by atoms with Gasteiger partial charge in [0, 0.05) is 13.0 Å². The summed E-state index contributed by atoms with van der Waals surface area (Å²) < 4.78 is 5.49. The molecule has 16 heavy (non-hydrogen) atoms. The van der Waals surface area contributed by atoms with Gasteiger partial charge >= 0.3 is 0 Å². The third kappa shape index (κ3) is 1.83. The van der Waals surface area contributed by atoms with Crippen LogP contribution in [0.4, 0.5) is 0 Å². The van der Waals surface area contributed by atoms with Gasteiger partial charge < -0.3 is 4.48 Å². The van der Waals surface area contributed by atoms with Crippen LogP contribution >= 0.6 is 0 Å². The molecule has 0 spiro atoms. The zero-order chi connectivity index (χ0) is 11.9. The maximum atomic E-state index is 2.29. The molecule has 0 saturated carbocycles. The summed E-state index contributed by atoms with van der Waals surface area (Å²) >= 11 is 0. The number of aryl methyl sites for hydroxylation is 1. The van der Waals surface area contributed by atoms with Crippen LogP contribution in [0.5, 0.6) is 0 Å². The van der Waals surface area contributed by atoms with Crippen LogP contribution in [0.1, 0.15) is 11.4 Å². The van der Waals surface area contributed by atoms with E-state index in [9.17, 15) is 0 Å². The van der Waals surface area contributed by atoms with E-state index >= 15 is 0 Å². The Morgan fingerprint density at radius 3 is 2.56 bits per heavy atom. The molecule has 2 aromatic heterocycles. The Balaban J connectivity index is 2.64. The summed E-state index contributed by atoms with van der Waals surface area (Å²) in [7, 11) is 8.80. The van der Waals surface area contributed by atoms with Gasteiger partial charge in [-0.2, -0.15) is 4.40 Å². The maximum absolute atomic E-state index is 2.29. The van der Waals surface area contributed by atoms with Crippen LogP contribution in [0.15, 0.2) is 24.4 Å². The van der Waals surface area contributed by atoms with Gasteiger partial charge in [0.25, 0.3) is 5.65 Å². The molecule has 0 amide bonds. The largest absolute Gasteiger partial charge is 0.324 e. The van der Waals surface area contributed by atoms with Crippen LogP contribution in [-0.4, -0.2) is 30.2 Å². The molecule has 0 unspecified atom stereocenters. The normalized spacial score (nSPS) is 12.3. The summed E-state index contributed by atoms with van der Waals surface area (Å²) in [6.07, 6.45) is 2.15. The van der Waals surface area contributed by atoms with E-state index in [-0.39, 0.29) is 0 Å². The van der Waals surface area contributed by atoms with Gasteiger partial charge in [-0.3, -0.25) is 0 Å². The Kier molecular flexibility index (Phi) is 2.50. The minimum absolute atomic E-state index is 0.946. The fraction of sp³-hybridized carbons (Fsp3) is 0.462. The molecular formula is C13H21N3+2.